The summed E-state index contributed by atoms with van der Waals surface area (Å²) in [7, 11) is 2.78. The highest BCUT2D eigenvalue weighted by Gasteiger charge is 2.21. The molecule has 0 heterocycles. The van der Waals surface area contributed by atoms with Crippen LogP contribution < -0.4 is 4.74 Å². The zero-order chi connectivity index (χ0) is 13.7. The van der Waals surface area contributed by atoms with E-state index in [4.69, 9.17) is 32.7 Å². The maximum absolute atomic E-state index is 11.8. The van der Waals surface area contributed by atoms with Crippen molar-refractivity contribution in [3.8, 4) is 5.75 Å². The predicted molar refractivity (Wildman–Crippen MR) is 68.5 cm³/mol. The average Bonchev–Trinajstić information content (AvgIpc) is 2.37. The van der Waals surface area contributed by atoms with E-state index >= 15 is 0 Å². The minimum Gasteiger partial charge on any atom is -0.494 e. The molecule has 0 aliphatic carbocycles. The summed E-state index contributed by atoms with van der Waals surface area (Å²) in [5.41, 5.74) is 0.0133. The molecule has 0 saturated heterocycles. The molecule has 0 amide bonds. The van der Waals surface area contributed by atoms with Gasteiger partial charge in [0.25, 0.3) is 0 Å². The molecule has 0 unspecified atom stereocenters. The van der Waals surface area contributed by atoms with Gasteiger partial charge in [-0.3, -0.25) is 0 Å². The SMILES string of the molecule is CO/C(C)=N\OC(=O)c1c(Cl)ccc(Cl)c1OC. The molecule has 7 heteroatoms. The number of oxime groups is 1. The number of carbonyl (C=O) groups is 1. The normalized spacial score (nSPS) is 11.1. The summed E-state index contributed by atoms with van der Waals surface area (Å²) in [6.07, 6.45) is 0. The monoisotopic (exact) mass is 291 g/mol. The molecule has 0 N–H and O–H groups in total. The van der Waals surface area contributed by atoms with Gasteiger partial charge in [0, 0.05) is 6.92 Å². The summed E-state index contributed by atoms with van der Waals surface area (Å²) in [5.74, 6) is -0.448. The Morgan fingerprint density at radius 1 is 1.22 bits per heavy atom. The Morgan fingerprint density at radius 2 is 1.83 bits per heavy atom. The van der Waals surface area contributed by atoms with Gasteiger partial charge in [0.05, 0.1) is 24.3 Å². The molecule has 18 heavy (non-hydrogen) atoms. The molecule has 98 valence electrons. The number of nitrogens with zero attached hydrogens (tertiary/aromatic N) is 1. The summed E-state index contributed by atoms with van der Waals surface area (Å²) in [6.45, 7) is 1.53. The number of carbonyl (C=O) groups excluding carboxylic acids is 1. The van der Waals surface area contributed by atoms with E-state index in [-0.39, 0.29) is 27.3 Å². The summed E-state index contributed by atoms with van der Waals surface area (Å²) in [4.78, 5) is 16.5. The van der Waals surface area contributed by atoms with Crippen LogP contribution in [0.1, 0.15) is 17.3 Å². The third-order valence-electron chi connectivity index (χ3n) is 2.02. The molecule has 5 nitrogen and oxygen atoms in total. The lowest BCUT2D eigenvalue weighted by Gasteiger charge is -2.09. The lowest BCUT2D eigenvalue weighted by atomic mass is 10.2. The van der Waals surface area contributed by atoms with E-state index in [2.05, 4.69) is 9.99 Å². The average molecular weight is 292 g/mol. The molecule has 0 spiro atoms. The highest BCUT2D eigenvalue weighted by Crippen LogP contribution is 2.34. The van der Waals surface area contributed by atoms with E-state index in [1.807, 2.05) is 0 Å². The Balaban J connectivity index is 3.09. The Kier molecular flexibility index (Phi) is 5.25. The molecule has 0 aromatic heterocycles. The number of benzene rings is 1. The Morgan fingerprint density at radius 3 is 2.39 bits per heavy atom. The molecule has 0 atom stereocenters. The Labute approximate surface area is 114 Å². The van der Waals surface area contributed by atoms with Gasteiger partial charge in [0.2, 0.25) is 5.90 Å². The van der Waals surface area contributed by atoms with Gasteiger partial charge in [-0.15, -0.1) is 0 Å². The first-order chi connectivity index (χ1) is 8.51. The summed E-state index contributed by atoms with van der Waals surface area (Å²) >= 11 is 11.8. The minimum atomic E-state index is -0.782. The van der Waals surface area contributed by atoms with Gasteiger partial charge in [-0.1, -0.05) is 23.2 Å². The minimum absolute atomic E-state index is 0.0133. The van der Waals surface area contributed by atoms with Crippen molar-refractivity contribution < 1.29 is 19.1 Å². The lowest BCUT2D eigenvalue weighted by Crippen LogP contribution is -2.07. The van der Waals surface area contributed by atoms with Crippen LogP contribution in [0.5, 0.6) is 5.75 Å². The van der Waals surface area contributed by atoms with E-state index in [1.54, 1.807) is 0 Å². The first kappa shape index (κ1) is 14.6. The first-order valence-corrected chi connectivity index (χ1v) is 5.58. The van der Waals surface area contributed by atoms with Crippen molar-refractivity contribution in [2.75, 3.05) is 14.2 Å². The van der Waals surface area contributed by atoms with E-state index in [0.717, 1.165) is 0 Å². The molecular weight excluding hydrogens is 281 g/mol. The number of halogens is 2. The number of hydrogen-bond acceptors (Lipinski definition) is 5. The molecule has 0 aliphatic rings. The second kappa shape index (κ2) is 6.47. The van der Waals surface area contributed by atoms with E-state index in [1.165, 1.54) is 33.3 Å². The molecule has 1 aromatic carbocycles. The Bertz CT molecular complexity index is 488. The summed E-state index contributed by atoms with van der Waals surface area (Å²) in [5, 5.41) is 3.86. The van der Waals surface area contributed by atoms with Crippen molar-refractivity contribution in [2.24, 2.45) is 5.16 Å². The highest BCUT2D eigenvalue weighted by molar-refractivity contribution is 6.37. The quantitative estimate of drug-likeness (QED) is 0.372. The first-order valence-electron chi connectivity index (χ1n) is 4.83. The molecule has 1 rings (SSSR count). The smallest absolute Gasteiger partial charge is 0.371 e. The fourth-order valence-electron chi connectivity index (χ4n) is 1.11. The van der Waals surface area contributed by atoms with Gasteiger partial charge in [-0.2, -0.15) is 0 Å². The van der Waals surface area contributed by atoms with Gasteiger partial charge >= 0.3 is 5.97 Å². The predicted octanol–water partition coefficient (Wildman–Crippen LogP) is 3.14. The highest BCUT2D eigenvalue weighted by atomic mass is 35.5. The number of methoxy groups -OCH3 is 2. The van der Waals surface area contributed by atoms with Crippen LogP contribution in [-0.2, 0) is 9.57 Å². The number of rotatable bonds is 3. The third-order valence-corrected chi connectivity index (χ3v) is 2.63. The molecule has 0 aliphatic heterocycles. The topological polar surface area (TPSA) is 57.1 Å². The van der Waals surface area contributed by atoms with Crippen molar-refractivity contribution >= 4 is 35.1 Å². The maximum Gasteiger partial charge on any atom is 0.371 e. The third kappa shape index (κ3) is 3.27. The standard InChI is InChI=1S/C11H11Cl2NO4/c1-6(16-2)14-18-11(15)9-7(12)4-5-8(13)10(9)17-3/h4-5H,1-3H3/b14-6-. The van der Waals surface area contributed by atoms with Crippen molar-refractivity contribution in [3.05, 3.63) is 27.7 Å². The number of ether oxygens (including phenoxy) is 2. The van der Waals surface area contributed by atoms with Crippen LogP contribution in [0.15, 0.2) is 17.3 Å². The van der Waals surface area contributed by atoms with E-state index in [0.29, 0.717) is 0 Å². The lowest BCUT2D eigenvalue weighted by molar-refractivity contribution is 0.0500. The molecule has 0 saturated carbocycles. The van der Waals surface area contributed by atoms with Gasteiger partial charge in [0.1, 0.15) is 5.56 Å². The van der Waals surface area contributed by atoms with Gasteiger partial charge < -0.3 is 14.3 Å². The van der Waals surface area contributed by atoms with Crippen LogP contribution in [0.2, 0.25) is 10.0 Å². The molecular formula is C11H11Cl2NO4. The van der Waals surface area contributed by atoms with Crippen molar-refractivity contribution in [1.82, 2.24) is 0 Å². The second-order valence-corrected chi connectivity index (χ2v) is 3.95. The van der Waals surface area contributed by atoms with Crippen LogP contribution >= 0.6 is 23.2 Å². The van der Waals surface area contributed by atoms with Crippen molar-refractivity contribution in [2.45, 2.75) is 6.92 Å². The number of hydrogen-bond donors (Lipinski definition) is 0. The van der Waals surface area contributed by atoms with Crippen LogP contribution in [0.3, 0.4) is 0 Å². The zero-order valence-corrected chi connectivity index (χ0v) is 11.5. The van der Waals surface area contributed by atoms with Crippen LogP contribution in [-0.4, -0.2) is 26.1 Å². The Hall–Kier alpha value is -1.46. The zero-order valence-electron chi connectivity index (χ0n) is 9.99. The largest absolute Gasteiger partial charge is 0.494 e. The van der Waals surface area contributed by atoms with Gasteiger partial charge in [-0.05, 0) is 17.3 Å². The van der Waals surface area contributed by atoms with Crippen LogP contribution in [0.25, 0.3) is 0 Å². The van der Waals surface area contributed by atoms with Gasteiger partial charge in [-0.25, -0.2) is 4.79 Å². The molecule has 0 radical (unpaired) electrons. The van der Waals surface area contributed by atoms with Crippen LogP contribution in [0, 0.1) is 0 Å². The molecule has 0 fully saturated rings. The summed E-state index contributed by atoms with van der Waals surface area (Å²) in [6, 6.07) is 2.99. The van der Waals surface area contributed by atoms with Gasteiger partial charge in [0.15, 0.2) is 5.75 Å². The summed E-state index contributed by atoms with van der Waals surface area (Å²) < 4.78 is 9.74. The van der Waals surface area contributed by atoms with Crippen LogP contribution in [0.4, 0.5) is 0 Å². The fraction of sp³-hybridized carbons (Fsp3) is 0.273. The second-order valence-electron chi connectivity index (χ2n) is 3.13. The fourth-order valence-corrected chi connectivity index (χ4v) is 1.57. The molecule has 0 bridgehead atoms. The van der Waals surface area contributed by atoms with E-state index in [9.17, 15) is 4.79 Å². The van der Waals surface area contributed by atoms with E-state index < -0.39 is 5.97 Å². The maximum atomic E-state index is 11.8. The van der Waals surface area contributed by atoms with Crippen molar-refractivity contribution in [3.63, 3.8) is 0 Å². The van der Waals surface area contributed by atoms with Crippen molar-refractivity contribution in [1.29, 1.82) is 0 Å². The molecule has 1 aromatic rings.